The van der Waals surface area contributed by atoms with E-state index in [1.165, 1.54) is 10.1 Å². The minimum absolute atomic E-state index is 0.255. The number of benzene rings is 2. The first-order chi connectivity index (χ1) is 19.4. The Morgan fingerprint density at radius 2 is 1.82 bits per heavy atom. The first kappa shape index (κ1) is 27.2. The molecule has 10 heteroatoms. The van der Waals surface area contributed by atoms with Gasteiger partial charge in [0.1, 0.15) is 18.2 Å². The predicted molar refractivity (Wildman–Crippen MR) is 153 cm³/mol. The summed E-state index contributed by atoms with van der Waals surface area (Å²) in [5, 5.41) is 6.99. The second-order valence-corrected chi connectivity index (χ2v) is 9.74. The van der Waals surface area contributed by atoms with Crippen molar-refractivity contribution in [3.05, 3.63) is 77.6 Å². The zero-order chi connectivity index (χ0) is 28.1. The predicted octanol–water partition coefficient (Wildman–Crippen LogP) is 4.81. The van der Waals surface area contributed by atoms with Gasteiger partial charge in [-0.1, -0.05) is 12.1 Å². The number of nitrogens with zero attached hydrogens (tertiary/aromatic N) is 2. The van der Waals surface area contributed by atoms with Gasteiger partial charge in [0, 0.05) is 42.1 Å². The van der Waals surface area contributed by atoms with Crippen molar-refractivity contribution in [1.29, 1.82) is 0 Å². The topological polar surface area (TPSA) is 130 Å². The third kappa shape index (κ3) is 6.08. The minimum Gasteiger partial charge on any atom is -0.487 e. The molecule has 2 aromatic heterocycles. The molecule has 40 heavy (non-hydrogen) atoms. The largest absolute Gasteiger partial charge is 0.487 e. The maximum atomic E-state index is 12.9. The van der Waals surface area contributed by atoms with Crippen molar-refractivity contribution in [3.63, 3.8) is 0 Å². The molecule has 0 unspecified atom stereocenters. The van der Waals surface area contributed by atoms with E-state index in [0.717, 1.165) is 31.3 Å². The van der Waals surface area contributed by atoms with Crippen LogP contribution in [0.1, 0.15) is 40.4 Å². The lowest BCUT2D eigenvalue weighted by atomic mass is 9.90. The molecule has 0 saturated carbocycles. The molecular weight excluding hydrogens is 510 g/mol. The first-order valence-corrected chi connectivity index (χ1v) is 13.3. The number of aromatic nitrogens is 2. The number of aryl methyl sites for hydroxylation is 1. The Kier molecular flexibility index (Phi) is 8.28. The van der Waals surface area contributed by atoms with E-state index in [1.54, 1.807) is 44.5 Å². The zero-order valence-corrected chi connectivity index (χ0v) is 22.6. The normalized spacial score (nSPS) is 13.8. The molecule has 10 nitrogen and oxygen atoms in total. The Labute approximate surface area is 232 Å². The molecule has 1 aliphatic heterocycles. The van der Waals surface area contributed by atoms with Crippen LogP contribution in [0.2, 0.25) is 0 Å². The molecule has 1 saturated heterocycles. The van der Waals surface area contributed by atoms with E-state index in [0.29, 0.717) is 52.4 Å². The summed E-state index contributed by atoms with van der Waals surface area (Å²) in [4.78, 5) is 29.2. The van der Waals surface area contributed by atoms with E-state index in [2.05, 4.69) is 15.6 Å². The lowest BCUT2D eigenvalue weighted by Crippen LogP contribution is -2.26. The van der Waals surface area contributed by atoms with Crippen molar-refractivity contribution >= 4 is 28.7 Å². The smallest absolute Gasteiger partial charge is 0.323 e. The van der Waals surface area contributed by atoms with Gasteiger partial charge in [-0.3, -0.25) is 9.36 Å². The van der Waals surface area contributed by atoms with Gasteiger partial charge in [-0.2, -0.15) is 0 Å². The van der Waals surface area contributed by atoms with Gasteiger partial charge in [0.25, 0.3) is 5.91 Å². The van der Waals surface area contributed by atoms with E-state index >= 15 is 0 Å². The van der Waals surface area contributed by atoms with Crippen LogP contribution in [0.25, 0.3) is 10.9 Å². The van der Waals surface area contributed by atoms with Gasteiger partial charge < -0.3 is 30.6 Å². The van der Waals surface area contributed by atoms with Gasteiger partial charge in [-0.25, -0.2) is 9.78 Å². The van der Waals surface area contributed by atoms with Crippen molar-refractivity contribution < 1.29 is 23.8 Å². The SMILES string of the molecule is COCCOc1cc2c(cc1Oc1ccnc(NC(=O)c3ccc(C4CCNCC4)cc3)c1)cc(C)n2C(N)=O. The Bertz CT molecular complexity index is 1510. The van der Waals surface area contributed by atoms with E-state index < -0.39 is 6.03 Å². The number of piperidine rings is 1. The van der Waals surface area contributed by atoms with Crippen LogP contribution >= 0.6 is 0 Å². The monoisotopic (exact) mass is 543 g/mol. The second-order valence-electron chi connectivity index (χ2n) is 9.74. The molecule has 4 N–H and O–H groups in total. The van der Waals surface area contributed by atoms with Crippen molar-refractivity contribution in [1.82, 2.24) is 14.9 Å². The van der Waals surface area contributed by atoms with Crippen LogP contribution in [0.5, 0.6) is 17.2 Å². The summed E-state index contributed by atoms with van der Waals surface area (Å²) in [6.07, 6.45) is 3.76. The van der Waals surface area contributed by atoms with E-state index in [1.807, 2.05) is 30.3 Å². The molecule has 2 amide bonds. The summed E-state index contributed by atoms with van der Waals surface area (Å²) >= 11 is 0. The molecule has 0 bridgehead atoms. The van der Waals surface area contributed by atoms with Crippen LogP contribution in [0.3, 0.4) is 0 Å². The van der Waals surface area contributed by atoms with Crippen molar-refractivity contribution in [2.75, 3.05) is 38.7 Å². The Morgan fingerprint density at radius 3 is 2.55 bits per heavy atom. The maximum Gasteiger partial charge on any atom is 0.323 e. The highest BCUT2D eigenvalue weighted by molar-refractivity contribution is 6.03. The fourth-order valence-corrected chi connectivity index (χ4v) is 4.99. The molecule has 0 atom stereocenters. The number of fused-ring (bicyclic) bond motifs is 1. The molecule has 208 valence electrons. The number of hydrogen-bond acceptors (Lipinski definition) is 7. The summed E-state index contributed by atoms with van der Waals surface area (Å²) < 4.78 is 18.6. The van der Waals surface area contributed by atoms with Crippen molar-refractivity contribution in [2.45, 2.75) is 25.7 Å². The number of hydrogen-bond donors (Lipinski definition) is 3. The van der Waals surface area contributed by atoms with Gasteiger partial charge in [0.2, 0.25) is 0 Å². The third-order valence-corrected chi connectivity index (χ3v) is 7.00. The Balaban J connectivity index is 1.34. The Hall–Kier alpha value is -4.41. The zero-order valence-electron chi connectivity index (χ0n) is 22.6. The molecule has 1 fully saturated rings. The lowest BCUT2D eigenvalue weighted by molar-refractivity contribution is 0.102. The molecule has 0 spiro atoms. The number of carbonyl (C=O) groups excluding carboxylic acids is 2. The standard InChI is InChI=1S/C30H33N5O5/c1-19-15-23-16-27(26(39-14-13-38-2)18-25(23)35(19)30(31)37)40-24-9-12-33-28(17-24)34-29(36)22-5-3-20(4-6-22)21-7-10-32-11-8-21/h3-6,9,12,15-18,21,32H,7-8,10-11,13-14H2,1-2H3,(H2,31,37)(H,33,34,36). The van der Waals surface area contributed by atoms with E-state index in [4.69, 9.17) is 19.9 Å². The van der Waals surface area contributed by atoms with Gasteiger partial charge in [0.05, 0.1) is 12.1 Å². The van der Waals surface area contributed by atoms with Gasteiger partial charge in [-0.05, 0) is 74.7 Å². The fraction of sp³-hybridized carbons (Fsp3) is 0.300. The number of nitrogens with one attached hydrogen (secondary N) is 2. The number of ether oxygens (including phenoxy) is 3. The number of pyridine rings is 1. The fourth-order valence-electron chi connectivity index (χ4n) is 4.99. The highest BCUT2D eigenvalue weighted by Gasteiger charge is 2.18. The van der Waals surface area contributed by atoms with Crippen LogP contribution < -0.4 is 25.8 Å². The number of amides is 2. The summed E-state index contributed by atoms with van der Waals surface area (Å²) in [5.74, 6) is 1.92. The van der Waals surface area contributed by atoms with Gasteiger partial charge >= 0.3 is 6.03 Å². The summed E-state index contributed by atoms with van der Waals surface area (Å²) in [6.45, 7) is 4.49. The van der Waals surface area contributed by atoms with Crippen molar-refractivity contribution in [3.8, 4) is 17.2 Å². The first-order valence-electron chi connectivity index (χ1n) is 13.3. The van der Waals surface area contributed by atoms with Gasteiger partial charge in [-0.15, -0.1) is 0 Å². The highest BCUT2D eigenvalue weighted by atomic mass is 16.5. The van der Waals surface area contributed by atoms with Gasteiger partial charge in [0.15, 0.2) is 11.5 Å². The molecule has 4 aromatic rings. The molecular formula is C30H33N5O5. The second kappa shape index (κ2) is 12.2. The highest BCUT2D eigenvalue weighted by Crippen LogP contribution is 2.37. The van der Waals surface area contributed by atoms with Crippen LogP contribution in [0.15, 0.2) is 60.8 Å². The van der Waals surface area contributed by atoms with Crippen LogP contribution in [0, 0.1) is 6.92 Å². The lowest BCUT2D eigenvalue weighted by Gasteiger charge is -2.23. The number of anilines is 1. The number of rotatable bonds is 9. The summed E-state index contributed by atoms with van der Waals surface area (Å²) in [6, 6.07) is 15.9. The number of carbonyl (C=O) groups is 2. The molecule has 0 radical (unpaired) electrons. The Morgan fingerprint density at radius 1 is 1.05 bits per heavy atom. The van der Waals surface area contributed by atoms with E-state index in [-0.39, 0.29) is 12.5 Å². The molecule has 0 aliphatic carbocycles. The number of nitrogens with two attached hydrogens (primary N) is 1. The minimum atomic E-state index is -0.584. The number of primary amides is 1. The average molecular weight is 544 g/mol. The third-order valence-electron chi connectivity index (χ3n) is 7.00. The van der Waals surface area contributed by atoms with Crippen LogP contribution in [0.4, 0.5) is 10.6 Å². The van der Waals surface area contributed by atoms with Crippen LogP contribution in [-0.2, 0) is 4.74 Å². The quantitative estimate of drug-likeness (QED) is 0.258. The van der Waals surface area contributed by atoms with Crippen molar-refractivity contribution in [2.24, 2.45) is 5.73 Å². The molecule has 3 heterocycles. The maximum absolute atomic E-state index is 12.9. The number of methoxy groups -OCH3 is 1. The summed E-state index contributed by atoms with van der Waals surface area (Å²) in [7, 11) is 1.58. The molecule has 5 rings (SSSR count). The van der Waals surface area contributed by atoms with E-state index in [9.17, 15) is 9.59 Å². The summed E-state index contributed by atoms with van der Waals surface area (Å²) in [5.41, 5.74) is 8.70. The average Bonchev–Trinajstić information content (AvgIpc) is 3.28. The molecule has 2 aromatic carbocycles. The molecule has 1 aliphatic rings. The van der Waals surface area contributed by atoms with Crippen LogP contribution in [-0.4, -0.2) is 54.9 Å².